The molecule has 1 aliphatic heterocycles. The van der Waals surface area contributed by atoms with Crippen LogP contribution in [0.15, 0.2) is 54.0 Å². The number of benzene rings is 1. The summed E-state index contributed by atoms with van der Waals surface area (Å²) >= 11 is 3.47. The molecule has 0 bridgehead atoms. The highest BCUT2D eigenvalue weighted by atomic mass is 79.9. The van der Waals surface area contributed by atoms with Crippen LogP contribution in [0.2, 0.25) is 0 Å². The molecule has 0 saturated carbocycles. The first-order chi connectivity index (χ1) is 16.0. The standard InChI is InChI=1S/C24H29BrN4O4/c1-4-7-18(27-24(31)32-3)23(30)29-13-6-8-20(29)22-26-19(15-33-14-5-2)21(28-22)16-9-11-17(25)12-10-16/h4-5,9-12,18,20H,1-2,6-8,13-15H2,3H3,(H,26,28)(H,27,31). The minimum atomic E-state index is -0.744. The van der Waals surface area contributed by atoms with E-state index in [1.54, 1.807) is 17.1 Å². The quantitative estimate of drug-likeness (QED) is 0.357. The predicted molar refractivity (Wildman–Crippen MR) is 129 cm³/mol. The minimum absolute atomic E-state index is 0.186. The molecule has 2 amide bonds. The summed E-state index contributed by atoms with van der Waals surface area (Å²) in [4.78, 5) is 35.1. The van der Waals surface area contributed by atoms with E-state index in [1.165, 1.54) is 7.11 Å². The Kier molecular flexibility index (Phi) is 8.85. The predicted octanol–water partition coefficient (Wildman–Crippen LogP) is 4.51. The van der Waals surface area contributed by atoms with Crippen LogP contribution in [0.4, 0.5) is 4.79 Å². The maximum absolute atomic E-state index is 13.3. The summed E-state index contributed by atoms with van der Waals surface area (Å²) in [7, 11) is 1.27. The fourth-order valence-electron chi connectivity index (χ4n) is 3.89. The number of likely N-dealkylation sites (tertiary alicyclic amines) is 1. The SMILES string of the molecule is C=CCOCc1[nH]c(C2CCCN2C(=O)C(CC=C)NC(=O)OC)nc1-c1ccc(Br)cc1. The molecule has 2 N–H and O–H groups in total. The Morgan fingerprint density at radius 3 is 2.76 bits per heavy atom. The van der Waals surface area contributed by atoms with E-state index in [2.05, 4.69) is 44.1 Å². The molecule has 1 saturated heterocycles. The third-order valence-corrected chi connectivity index (χ3v) is 5.95. The number of imidazole rings is 1. The molecule has 1 aromatic carbocycles. The maximum atomic E-state index is 13.3. The fourth-order valence-corrected chi connectivity index (χ4v) is 4.15. The van der Waals surface area contributed by atoms with E-state index in [0.29, 0.717) is 32.0 Å². The van der Waals surface area contributed by atoms with Crippen LogP contribution in [0.5, 0.6) is 0 Å². The number of aromatic amines is 1. The summed E-state index contributed by atoms with van der Waals surface area (Å²) in [5.74, 6) is 0.514. The van der Waals surface area contributed by atoms with Crippen LogP contribution < -0.4 is 5.32 Å². The van der Waals surface area contributed by atoms with Gasteiger partial charge in [0, 0.05) is 16.6 Å². The van der Waals surface area contributed by atoms with Crippen LogP contribution in [-0.4, -0.2) is 53.2 Å². The van der Waals surface area contributed by atoms with Gasteiger partial charge in [0.2, 0.25) is 5.91 Å². The summed E-state index contributed by atoms with van der Waals surface area (Å²) in [5.41, 5.74) is 2.57. The summed E-state index contributed by atoms with van der Waals surface area (Å²) in [6.07, 6.45) is 4.57. The van der Waals surface area contributed by atoms with Gasteiger partial charge in [-0.2, -0.15) is 0 Å². The minimum Gasteiger partial charge on any atom is -0.453 e. The van der Waals surface area contributed by atoms with Crippen molar-refractivity contribution in [2.24, 2.45) is 0 Å². The molecule has 2 atom stereocenters. The van der Waals surface area contributed by atoms with E-state index < -0.39 is 12.1 Å². The zero-order chi connectivity index (χ0) is 23.8. The summed E-state index contributed by atoms with van der Waals surface area (Å²) < 4.78 is 11.3. The van der Waals surface area contributed by atoms with Crippen molar-refractivity contribution in [1.29, 1.82) is 0 Å². The first-order valence-electron chi connectivity index (χ1n) is 10.8. The molecular weight excluding hydrogens is 488 g/mol. The lowest BCUT2D eigenvalue weighted by atomic mass is 10.1. The van der Waals surface area contributed by atoms with Crippen molar-refractivity contribution in [2.75, 3.05) is 20.3 Å². The van der Waals surface area contributed by atoms with Crippen LogP contribution in [0.1, 0.15) is 36.8 Å². The van der Waals surface area contributed by atoms with Gasteiger partial charge in [-0.3, -0.25) is 4.79 Å². The van der Waals surface area contributed by atoms with E-state index in [0.717, 1.165) is 34.3 Å². The average molecular weight is 517 g/mol. The second kappa shape index (κ2) is 11.8. The van der Waals surface area contributed by atoms with Gasteiger partial charge in [0.15, 0.2) is 0 Å². The van der Waals surface area contributed by atoms with Gasteiger partial charge in [-0.15, -0.1) is 13.2 Å². The number of carbonyl (C=O) groups excluding carboxylic acids is 2. The van der Waals surface area contributed by atoms with Gasteiger partial charge in [0.25, 0.3) is 0 Å². The number of alkyl carbamates (subject to hydrolysis) is 1. The van der Waals surface area contributed by atoms with Crippen LogP contribution in [0.25, 0.3) is 11.3 Å². The Morgan fingerprint density at radius 1 is 1.33 bits per heavy atom. The lowest BCUT2D eigenvalue weighted by molar-refractivity contribution is -0.134. The highest BCUT2D eigenvalue weighted by molar-refractivity contribution is 9.10. The molecule has 176 valence electrons. The first kappa shape index (κ1) is 24.7. The topological polar surface area (TPSA) is 96.6 Å². The number of nitrogens with one attached hydrogen (secondary N) is 2. The van der Waals surface area contributed by atoms with Crippen molar-refractivity contribution in [2.45, 2.75) is 38.0 Å². The number of halogens is 1. The van der Waals surface area contributed by atoms with Crippen molar-refractivity contribution in [3.63, 3.8) is 0 Å². The fraction of sp³-hybridized carbons (Fsp3) is 0.375. The van der Waals surface area contributed by atoms with Crippen molar-refractivity contribution in [1.82, 2.24) is 20.2 Å². The highest BCUT2D eigenvalue weighted by Crippen LogP contribution is 2.34. The molecule has 1 aliphatic rings. The maximum Gasteiger partial charge on any atom is 0.407 e. The summed E-state index contributed by atoms with van der Waals surface area (Å²) in [5, 5.41) is 2.61. The van der Waals surface area contributed by atoms with Crippen molar-refractivity contribution in [3.8, 4) is 11.3 Å². The van der Waals surface area contributed by atoms with Gasteiger partial charge >= 0.3 is 6.09 Å². The van der Waals surface area contributed by atoms with Gasteiger partial charge in [-0.05, 0) is 31.4 Å². The molecule has 0 aliphatic carbocycles. The molecule has 9 heteroatoms. The number of methoxy groups -OCH3 is 1. The molecule has 8 nitrogen and oxygen atoms in total. The Bertz CT molecular complexity index is 989. The van der Waals surface area contributed by atoms with Crippen LogP contribution in [0.3, 0.4) is 0 Å². The van der Waals surface area contributed by atoms with Gasteiger partial charge in [0.05, 0.1) is 37.8 Å². The van der Waals surface area contributed by atoms with Crippen LogP contribution in [0, 0.1) is 0 Å². The molecule has 1 fully saturated rings. The number of hydrogen-bond acceptors (Lipinski definition) is 5. The smallest absolute Gasteiger partial charge is 0.407 e. The zero-order valence-corrected chi connectivity index (χ0v) is 20.3. The molecule has 1 aromatic heterocycles. The molecular formula is C24H29BrN4O4. The third kappa shape index (κ3) is 6.11. The molecule has 2 unspecified atom stereocenters. The molecule has 33 heavy (non-hydrogen) atoms. The number of nitrogens with zero attached hydrogens (tertiary/aromatic N) is 2. The number of hydrogen-bond donors (Lipinski definition) is 2. The van der Waals surface area contributed by atoms with Gasteiger partial charge in [-0.25, -0.2) is 9.78 Å². The zero-order valence-electron chi connectivity index (χ0n) is 18.7. The Labute approximate surface area is 202 Å². The number of amides is 2. The largest absolute Gasteiger partial charge is 0.453 e. The molecule has 3 rings (SSSR count). The van der Waals surface area contributed by atoms with Crippen molar-refractivity contribution < 1.29 is 19.1 Å². The number of H-pyrrole nitrogens is 1. The van der Waals surface area contributed by atoms with Gasteiger partial charge in [-0.1, -0.05) is 40.2 Å². The second-order valence-electron chi connectivity index (χ2n) is 7.66. The first-order valence-corrected chi connectivity index (χ1v) is 11.6. The number of carbonyl (C=O) groups is 2. The van der Waals surface area contributed by atoms with Crippen LogP contribution >= 0.6 is 15.9 Å². The normalized spacial score (nSPS) is 16.3. The Morgan fingerprint density at radius 2 is 2.09 bits per heavy atom. The van der Waals surface area contributed by atoms with E-state index in [9.17, 15) is 9.59 Å². The number of rotatable bonds is 10. The van der Waals surface area contributed by atoms with E-state index >= 15 is 0 Å². The summed E-state index contributed by atoms with van der Waals surface area (Å²) in [6.45, 7) is 8.74. The molecule has 0 spiro atoms. The Hall–Kier alpha value is -2.91. The van der Waals surface area contributed by atoms with Gasteiger partial charge in [0.1, 0.15) is 11.9 Å². The van der Waals surface area contributed by atoms with Crippen LogP contribution in [-0.2, 0) is 20.9 Å². The molecule has 0 radical (unpaired) electrons. The highest BCUT2D eigenvalue weighted by Gasteiger charge is 2.36. The van der Waals surface area contributed by atoms with E-state index in [4.69, 9.17) is 9.72 Å². The summed E-state index contributed by atoms with van der Waals surface area (Å²) in [6, 6.07) is 6.92. The van der Waals surface area contributed by atoms with Crippen molar-refractivity contribution in [3.05, 3.63) is 65.6 Å². The lowest BCUT2D eigenvalue weighted by Crippen LogP contribution is -2.48. The third-order valence-electron chi connectivity index (χ3n) is 5.43. The molecule has 2 aromatic rings. The molecule has 2 heterocycles. The Balaban J connectivity index is 1.89. The van der Waals surface area contributed by atoms with E-state index in [-0.39, 0.29) is 11.9 Å². The van der Waals surface area contributed by atoms with Gasteiger partial charge < -0.3 is 24.7 Å². The number of ether oxygens (including phenoxy) is 2. The average Bonchev–Trinajstić information content (AvgIpc) is 3.46. The monoisotopic (exact) mass is 516 g/mol. The van der Waals surface area contributed by atoms with E-state index in [1.807, 2.05) is 24.3 Å². The van der Waals surface area contributed by atoms with Crippen molar-refractivity contribution >= 4 is 27.9 Å². The second-order valence-corrected chi connectivity index (χ2v) is 8.58. The lowest BCUT2D eigenvalue weighted by Gasteiger charge is -2.27. The number of aromatic nitrogens is 2.